The monoisotopic (exact) mass is 460 g/mol. The van der Waals surface area contributed by atoms with Crippen molar-refractivity contribution in [2.24, 2.45) is 0 Å². The van der Waals surface area contributed by atoms with Gasteiger partial charge in [0.05, 0.1) is 18.8 Å². The zero-order valence-corrected chi connectivity index (χ0v) is 19.0. The molecule has 8 nitrogen and oxygen atoms in total. The third-order valence-corrected chi connectivity index (χ3v) is 6.81. The summed E-state index contributed by atoms with van der Waals surface area (Å²) in [5, 5.41) is 7.78. The fraction of sp³-hybridized carbons (Fsp3) is 0.385. The second-order valence-corrected chi connectivity index (χ2v) is 9.12. The number of rotatable bonds is 5. The van der Waals surface area contributed by atoms with E-state index in [9.17, 15) is 4.79 Å². The molecule has 0 bridgehead atoms. The summed E-state index contributed by atoms with van der Waals surface area (Å²) < 4.78 is 18.8. The molecule has 4 heterocycles. The summed E-state index contributed by atoms with van der Waals surface area (Å²) in [5.41, 5.74) is 3.71. The zero-order valence-electron chi connectivity index (χ0n) is 19.0. The molecule has 0 unspecified atom stereocenters. The SMILES string of the molecule is O=C(NC1CCN(Cc2ccccc2)CC1)c1cc2n(n1)C[C@@H](c1ccc3c(c1)OCO3)OC2. The van der Waals surface area contributed by atoms with Gasteiger partial charge in [-0.05, 0) is 42.2 Å². The van der Waals surface area contributed by atoms with Crippen LogP contribution in [-0.4, -0.2) is 46.5 Å². The molecule has 1 fully saturated rings. The van der Waals surface area contributed by atoms with Gasteiger partial charge in [-0.3, -0.25) is 14.4 Å². The Labute approximate surface area is 198 Å². The van der Waals surface area contributed by atoms with Crippen molar-refractivity contribution in [2.75, 3.05) is 19.9 Å². The highest BCUT2D eigenvalue weighted by Gasteiger charge is 2.27. The lowest BCUT2D eigenvalue weighted by Gasteiger charge is -2.32. The molecule has 3 aromatic rings. The summed E-state index contributed by atoms with van der Waals surface area (Å²) in [5.74, 6) is 1.38. The number of carbonyl (C=O) groups is 1. The molecule has 1 atom stereocenters. The number of hydrogen-bond acceptors (Lipinski definition) is 6. The summed E-state index contributed by atoms with van der Waals surface area (Å²) in [7, 11) is 0. The molecule has 6 rings (SSSR count). The molecule has 3 aliphatic rings. The molecule has 8 heteroatoms. The van der Waals surface area contributed by atoms with E-state index in [1.807, 2.05) is 35.0 Å². The summed E-state index contributed by atoms with van der Waals surface area (Å²) in [6.07, 6.45) is 1.75. The van der Waals surface area contributed by atoms with E-state index in [1.165, 1.54) is 5.56 Å². The molecule has 0 aliphatic carbocycles. The Morgan fingerprint density at radius 2 is 1.85 bits per heavy atom. The predicted octanol–water partition coefficient (Wildman–Crippen LogP) is 3.28. The van der Waals surface area contributed by atoms with E-state index in [2.05, 4.69) is 39.6 Å². The number of hydrogen-bond donors (Lipinski definition) is 1. The molecule has 3 aliphatic heterocycles. The Morgan fingerprint density at radius 3 is 2.71 bits per heavy atom. The number of nitrogens with one attached hydrogen (secondary N) is 1. The predicted molar refractivity (Wildman–Crippen MR) is 125 cm³/mol. The summed E-state index contributed by atoms with van der Waals surface area (Å²) in [6, 6.07) is 18.4. The fourth-order valence-electron chi connectivity index (χ4n) is 4.89. The van der Waals surface area contributed by atoms with Gasteiger partial charge in [-0.25, -0.2) is 0 Å². The quantitative estimate of drug-likeness (QED) is 0.630. The zero-order chi connectivity index (χ0) is 22.9. The van der Waals surface area contributed by atoms with Crippen molar-refractivity contribution in [3.8, 4) is 11.5 Å². The molecule has 1 N–H and O–H groups in total. The highest BCUT2D eigenvalue weighted by molar-refractivity contribution is 5.92. The van der Waals surface area contributed by atoms with Gasteiger partial charge in [-0.1, -0.05) is 36.4 Å². The number of aromatic nitrogens is 2. The van der Waals surface area contributed by atoms with E-state index in [-0.39, 0.29) is 24.8 Å². The van der Waals surface area contributed by atoms with E-state index in [1.54, 1.807) is 0 Å². The van der Waals surface area contributed by atoms with Crippen LogP contribution in [-0.2, 0) is 24.4 Å². The van der Waals surface area contributed by atoms with Gasteiger partial charge >= 0.3 is 0 Å². The normalized spacial score (nSPS) is 20.2. The van der Waals surface area contributed by atoms with Crippen LogP contribution in [0.15, 0.2) is 54.6 Å². The lowest BCUT2D eigenvalue weighted by atomic mass is 10.0. The largest absolute Gasteiger partial charge is 0.454 e. The third-order valence-electron chi connectivity index (χ3n) is 6.81. The highest BCUT2D eigenvalue weighted by atomic mass is 16.7. The highest BCUT2D eigenvalue weighted by Crippen LogP contribution is 2.36. The van der Waals surface area contributed by atoms with E-state index >= 15 is 0 Å². The van der Waals surface area contributed by atoms with Crippen molar-refractivity contribution >= 4 is 5.91 Å². The molecule has 1 amide bonds. The maximum Gasteiger partial charge on any atom is 0.272 e. The molecule has 1 saturated heterocycles. The lowest BCUT2D eigenvalue weighted by Crippen LogP contribution is -2.44. The smallest absolute Gasteiger partial charge is 0.272 e. The van der Waals surface area contributed by atoms with Gasteiger partial charge in [-0.2, -0.15) is 5.10 Å². The van der Waals surface area contributed by atoms with Gasteiger partial charge in [0.25, 0.3) is 5.91 Å². The van der Waals surface area contributed by atoms with Gasteiger partial charge in [0, 0.05) is 25.7 Å². The Kier molecular flexibility index (Phi) is 5.68. The average molecular weight is 461 g/mol. The van der Waals surface area contributed by atoms with Crippen LogP contribution < -0.4 is 14.8 Å². The Balaban J connectivity index is 1.04. The van der Waals surface area contributed by atoms with Gasteiger partial charge in [0.15, 0.2) is 17.2 Å². The Morgan fingerprint density at radius 1 is 1.03 bits per heavy atom. The number of nitrogens with zero attached hydrogens (tertiary/aromatic N) is 3. The van der Waals surface area contributed by atoms with Gasteiger partial charge < -0.3 is 19.5 Å². The molecular weight excluding hydrogens is 432 g/mol. The molecule has 0 saturated carbocycles. The molecule has 0 spiro atoms. The van der Waals surface area contributed by atoms with Crippen LogP contribution >= 0.6 is 0 Å². The first-order valence-corrected chi connectivity index (χ1v) is 11.9. The molecule has 2 aromatic carbocycles. The van der Waals surface area contributed by atoms with Crippen molar-refractivity contribution in [1.29, 1.82) is 0 Å². The van der Waals surface area contributed by atoms with Crippen LogP contribution in [0.5, 0.6) is 11.5 Å². The molecule has 34 heavy (non-hydrogen) atoms. The van der Waals surface area contributed by atoms with Crippen LogP contribution in [0, 0.1) is 0 Å². The summed E-state index contributed by atoms with van der Waals surface area (Å²) >= 11 is 0. The first-order valence-electron chi connectivity index (χ1n) is 11.9. The first-order chi connectivity index (χ1) is 16.7. The van der Waals surface area contributed by atoms with Crippen LogP contribution in [0.25, 0.3) is 0 Å². The molecular formula is C26H28N4O4. The number of fused-ring (bicyclic) bond motifs is 2. The van der Waals surface area contributed by atoms with E-state index in [4.69, 9.17) is 14.2 Å². The lowest BCUT2D eigenvalue weighted by molar-refractivity contribution is -0.00128. The maximum absolute atomic E-state index is 12.9. The topological polar surface area (TPSA) is 77.9 Å². The molecule has 1 aromatic heterocycles. The van der Waals surface area contributed by atoms with Crippen molar-refractivity contribution in [2.45, 2.75) is 44.7 Å². The van der Waals surface area contributed by atoms with Crippen LogP contribution in [0.1, 0.15) is 46.3 Å². The standard InChI is InChI=1S/C26H28N4O4/c31-26(27-20-8-10-29(11-9-20)14-18-4-2-1-3-5-18)22-13-21-16-32-25(15-30(21)28-22)19-6-7-23-24(12-19)34-17-33-23/h1-7,12-13,20,25H,8-11,14-17H2,(H,27,31)/t25-/m0/s1. The number of amides is 1. The van der Waals surface area contributed by atoms with E-state index in [0.717, 1.165) is 55.2 Å². The van der Waals surface area contributed by atoms with Gasteiger partial charge in [0.1, 0.15) is 6.10 Å². The number of carbonyl (C=O) groups excluding carboxylic acids is 1. The third kappa shape index (κ3) is 4.38. The van der Waals surface area contributed by atoms with Gasteiger partial charge in [-0.15, -0.1) is 0 Å². The molecule has 176 valence electrons. The van der Waals surface area contributed by atoms with Crippen molar-refractivity contribution in [1.82, 2.24) is 20.0 Å². The fourth-order valence-corrected chi connectivity index (χ4v) is 4.89. The maximum atomic E-state index is 12.9. The Hall–Kier alpha value is -3.36. The first kappa shape index (κ1) is 21.2. The number of benzene rings is 2. The minimum Gasteiger partial charge on any atom is -0.454 e. The minimum absolute atomic E-state index is 0.108. The van der Waals surface area contributed by atoms with Crippen LogP contribution in [0.4, 0.5) is 0 Å². The summed E-state index contributed by atoms with van der Waals surface area (Å²) in [4.78, 5) is 15.4. The van der Waals surface area contributed by atoms with Crippen LogP contribution in [0.2, 0.25) is 0 Å². The van der Waals surface area contributed by atoms with E-state index in [0.29, 0.717) is 18.8 Å². The second kappa shape index (κ2) is 9.12. The second-order valence-electron chi connectivity index (χ2n) is 9.12. The van der Waals surface area contributed by atoms with Gasteiger partial charge in [0.2, 0.25) is 6.79 Å². The Bertz CT molecular complexity index is 1170. The van der Waals surface area contributed by atoms with Crippen molar-refractivity contribution < 1.29 is 19.0 Å². The van der Waals surface area contributed by atoms with E-state index < -0.39 is 0 Å². The van der Waals surface area contributed by atoms with Crippen molar-refractivity contribution in [3.05, 3.63) is 77.1 Å². The number of likely N-dealkylation sites (tertiary alicyclic amines) is 1. The number of ether oxygens (including phenoxy) is 3. The molecule has 0 radical (unpaired) electrons. The average Bonchev–Trinajstić information content (AvgIpc) is 3.52. The van der Waals surface area contributed by atoms with Crippen LogP contribution in [0.3, 0.4) is 0 Å². The summed E-state index contributed by atoms with van der Waals surface area (Å²) in [6.45, 7) is 4.13. The number of piperidine rings is 1. The van der Waals surface area contributed by atoms with Crippen molar-refractivity contribution in [3.63, 3.8) is 0 Å². The minimum atomic E-state index is -0.147.